The second-order valence-electron chi connectivity index (χ2n) is 8.55. The van der Waals surface area contributed by atoms with E-state index in [1.54, 1.807) is 43.2 Å². The predicted octanol–water partition coefficient (Wildman–Crippen LogP) is 2.76. The number of nitrogen functional groups attached to an aromatic ring is 1. The molecule has 2 unspecified atom stereocenters. The van der Waals surface area contributed by atoms with Gasteiger partial charge in [0.15, 0.2) is 23.9 Å². The van der Waals surface area contributed by atoms with Crippen LogP contribution in [0.25, 0.3) is 0 Å². The van der Waals surface area contributed by atoms with E-state index in [2.05, 4.69) is 15.4 Å². The number of carboxylic acids is 1. The predicted molar refractivity (Wildman–Crippen MR) is 129 cm³/mol. The molecule has 11 heteroatoms. The monoisotopic (exact) mass is 491 g/mol. The lowest BCUT2D eigenvalue weighted by molar-refractivity contribution is -0.139. The summed E-state index contributed by atoms with van der Waals surface area (Å²) in [5, 5.41) is 16.4. The van der Waals surface area contributed by atoms with E-state index in [9.17, 15) is 9.59 Å². The van der Waals surface area contributed by atoms with Crippen molar-refractivity contribution in [1.82, 2.24) is 14.8 Å². The van der Waals surface area contributed by atoms with Gasteiger partial charge in [0, 0.05) is 17.7 Å². The summed E-state index contributed by atoms with van der Waals surface area (Å²) in [5.41, 5.74) is 9.01. The summed E-state index contributed by atoms with van der Waals surface area (Å²) in [4.78, 5) is 28.7. The van der Waals surface area contributed by atoms with E-state index in [1.807, 2.05) is 18.2 Å². The molecule has 2 aromatic carbocycles. The van der Waals surface area contributed by atoms with Gasteiger partial charge in [-0.15, -0.1) is 5.10 Å². The molecule has 0 bridgehead atoms. The Kier molecular flexibility index (Phi) is 5.96. The molecule has 11 nitrogen and oxygen atoms in total. The lowest BCUT2D eigenvalue weighted by Crippen LogP contribution is -2.33. The van der Waals surface area contributed by atoms with Gasteiger partial charge in [0.1, 0.15) is 11.8 Å². The average Bonchev–Trinajstić information content (AvgIpc) is 3.25. The number of allylic oxidation sites excluding steroid dienone is 2. The molecule has 0 saturated carbocycles. The standard InChI is InChI=1S/C25H25N5O6/c1-34-19-8-5-14(11-20(19)35-2)15-9-17-22(18(31)10-15)23(30-25(27-17)28-24(26)29-30)13-3-6-16(7-4-13)36-12-21(32)33/h3-8,11,15,23H,9-10,12H2,1-2H3,(H,32,33)(H3,26,27,28,29). The summed E-state index contributed by atoms with van der Waals surface area (Å²) >= 11 is 0. The molecule has 0 radical (unpaired) electrons. The third-order valence-corrected chi connectivity index (χ3v) is 6.37. The van der Waals surface area contributed by atoms with Gasteiger partial charge in [0.2, 0.25) is 11.9 Å². The highest BCUT2D eigenvalue weighted by atomic mass is 16.5. The normalized spacial score (nSPS) is 18.7. The maximum Gasteiger partial charge on any atom is 0.341 e. The van der Waals surface area contributed by atoms with Crippen LogP contribution in [0.5, 0.6) is 17.2 Å². The zero-order valence-electron chi connectivity index (χ0n) is 19.7. The van der Waals surface area contributed by atoms with Crippen molar-refractivity contribution in [3.8, 4) is 17.2 Å². The number of hydrogen-bond donors (Lipinski definition) is 3. The van der Waals surface area contributed by atoms with Crippen molar-refractivity contribution in [2.24, 2.45) is 0 Å². The number of ether oxygens (including phenoxy) is 3. The maximum absolute atomic E-state index is 13.6. The number of nitrogens with one attached hydrogen (secondary N) is 1. The molecular weight excluding hydrogens is 466 g/mol. The van der Waals surface area contributed by atoms with Crippen LogP contribution >= 0.6 is 0 Å². The molecule has 5 rings (SSSR count). The fourth-order valence-electron chi connectivity index (χ4n) is 4.77. The Hall–Kier alpha value is -4.54. The number of hydrogen-bond acceptors (Lipinski definition) is 9. The molecule has 186 valence electrons. The molecular formula is C25H25N5O6. The molecule has 1 aromatic heterocycles. The van der Waals surface area contributed by atoms with Gasteiger partial charge in [-0.05, 0) is 47.7 Å². The largest absolute Gasteiger partial charge is 0.493 e. The number of anilines is 2. The van der Waals surface area contributed by atoms with E-state index in [0.29, 0.717) is 41.6 Å². The number of aromatic nitrogens is 3. The molecule has 36 heavy (non-hydrogen) atoms. The Morgan fingerprint density at radius 2 is 1.83 bits per heavy atom. The van der Waals surface area contributed by atoms with E-state index in [0.717, 1.165) is 16.8 Å². The number of carbonyl (C=O) groups is 2. The quantitative estimate of drug-likeness (QED) is 0.450. The van der Waals surface area contributed by atoms with Crippen LogP contribution in [-0.2, 0) is 9.59 Å². The molecule has 1 aliphatic carbocycles. The summed E-state index contributed by atoms with van der Waals surface area (Å²) in [6.07, 6.45) is 0.894. The first-order chi connectivity index (χ1) is 17.4. The van der Waals surface area contributed by atoms with Crippen LogP contribution in [0.2, 0.25) is 0 Å². The highest BCUT2D eigenvalue weighted by Crippen LogP contribution is 2.45. The van der Waals surface area contributed by atoms with Crippen LogP contribution < -0.4 is 25.3 Å². The molecule has 0 amide bonds. The van der Waals surface area contributed by atoms with Crippen LogP contribution in [0.1, 0.15) is 35.9 Å². The maximum atomic E-state index is 13.6. The molecule has 2 aliphatic rings. The van der Waals surface area contributed by atoms with E-state index in [1.165, 1.54) is 0 Å². The number of nitrogens with zero attached hydrogens (tertiary/aromatic N) is 3. The van der Waals surface area contributed by atoms with Crippen LogP contribution in [0.15, 0.2) is 53.7 Å². The molecule has 4 N–H and O–H groups in total. The Bertz CT molecular complexity index is 1360. The van der Waals surface area contributed by atoms with Gasteiger partial charge in [0.25, 0.3) is 0 Å². The van der Waals surface area contributed by atoms with Crippen molar-refractivity contribution in [1.29, 1.82) is 0 Å². The van der Waals surface area contributed by atoms with Gasteiger partial charge < -0.3 is 30.4 Å². The molecule has 0 saturated heterocycles. The first-order valence-electron chi connectivity index (χ1n) is 11.3. The first-order valence-corrected chi connectivity index (χ1v) is 11.3. The lowest BCUT2D eigenvalue weighted by Gasteiger charge is -2.35. The van der Waals surface area contributed by atoms with Crippen molar-refractivity contribution in [2.45, 2.75) is 24.8 Å². The first kappa shape index (κ1) is 23.2. The minimum Gasteiger partial charge on any atom is -0.493 e. The topological polar surface area (TPSA) is 151 Å². The third kappa shape index (κ3) is 4.19. The smallest absolute Gasteiger partial charge is 0.341 e. The van der Waals surface area contributed by atoms with E-state index in [-0.39, 0.29) is 17.6 Å². The number of Topliss-reactive ketones (excluding diaryl/α,β-unsaturated/α-hetero) is 1. The van der Waals surface area contributed by atoms with Gasteiger partial charge in [-0.2, -0.15) is 4.98 Å². The zero-order valence-corrected chi connectivity index (χ0v) is 19.7. The number of fused-ring (bicyclic) bond motifs is 1. The number of benzene rings is 2. The minimum atomic E-state index is -1.06. The summed E-state index contributed by atoms with van der Waals surface area (Å²) in [6, 6.07) is 12.1. The number of carboxylic acid groups (broad SMARTS) is 1. The summed E-state index contributed by atoms with van der Waals surface area (Å²) < 4.78 is 17.6. The van der Waals surface area contributed by atoms with Crippen LogP contribution in [-0.4, -0.2) is 52.5 Å². The Morgan fingerprint density at radius 1 is 1.11 bits per heavy atom. The Labute approximate surface area is 206 Å². The number of carbonyl (C=O) groups excluding carboxylic acids is 1. The SMILES string of the molecule is COc1ccc(C2CC(=O)C3=C(C2)Nc2nc(N)nn2C3c2ccc(OCC(=O)O)cc2)cc1OC. The molecule has 2 heterocycles. The second kappa shape index (κ2) is 9.25. The fraction of sp³-hybridized carbons (Fsp3) is 0.280. The average molecular weight is 492 g/mol. The lowest BCUT2D eigenvalue weighted by atomic mass is 9.78. The Morgan fingerprint density at radius 3 is 2.53 bits per heavy atom. The van der Waals surface area contributed by atoms with E-state index < -0.39 is 18.6 Å². The third-order valence-electron chi connectivity index (χ3n) is 6.37. The van der Waals surface area contributed by atoms with Crippen molar-refractivity contribution in [2.75, 3.05) is 31.9 Å². The number of rotatable bonds is 7. The highest BCUT2D eigenvalue weighted by Gasteiger charge is 2.39. The molecule has 2 atom stereocenters. The van der Waals surface area contributed by atoms with Crippen molar-refractivity contribution >= 4 is 23.6 Å². The summed E-state index contributed by atoms with van der Waals surface area (Å²) in [5.74, 6) is 1.03. The van der Waals surface area contributed by atoms with Gasteiger partial charge >= 0.3 is 5.97 Å². The second-order valence-corrected chi connectivity index (χ2v) is 8.55. The molecule has 1 aliphatic heterocycles. The van der Waals surface area contributed by atoms with Crippen molar-refractivity contribution in [3.05, 3.63) is 64.9 Å². The number of ketones is 1. The van der Waals surface area contributed by atoms with E-state index in [4.69, 9.17) is 25.1 Å². The van der Waals surface area contributed by atoms with Crippen LogP contribution in [0.3, 0.4) is 0 Å². The highest BCUT2D eigenvalue weighted by molar-refractivity contribution is 6.00. The number of methoxy groups -OCH3 is 2. The van der Waals surface area contributed by atoms with Gasteiger partial charge in [-0.25, -0.2) is 9.48 Å². The van der Waals surface area contributed by atoms with Crippen LogP contribution in [0.4, 0.5) is 11.9 Å². The van der Waals surface area contributed by atoms with Crippen molar-refractivity contribution in [3.63, 3.8) is 0 Å². The van der Waals surface area contributed by atoms with Crippen molar-refractivity contribution < 1.29 is 28.9 Å². The number of aliphatic carboxylic acids is 1. The Balaban J connectivity index is 1.50. The van der Waals surface area contributed by atoms with Gasteiger partial charge in [-0.1, -0.05) is 18.2 Å². The van der Waals surface area contributed by atoms with Crippen LogP contribution in [0, 0.1) is 0 Å². The zero-order chi connectivity index (χ0) is 25.4. The summed E-state index contributed by atoms with van der Waals surface area (Å²) in [7, 11) is 3.16. The molecule has 0 spiro atoms. The fourth-order valence-corrected chi connectivity index (χ4v) is 4.77. The molecule has 0 fully saturated rings. The molecule has 3 aromatic rings. The van der Waals surface area contributed by atoms with E-state index >= 15 is 0 Å². The van der Waals surface area contributed by atoms with Gasteiger partial charge in [0.05, 0.1) is 14.2 Å². The minimum absolute atomic E-state index is 0.0144. The number of nitrogens with two attached hydrogens (primary N) is 1. The van der Waals surface area contributed by atoms with Gasteiger partial charge in [-0.3, -0.25) is 4.79 Å². The summed E-state index contributed by atoms with van der Waals surface area (Å²) in [6.45, 7) is -0.443.